The first-order valence-corrected chi connectivity index (χ1v) is 12.3. The van der Waals surface area contributed by atoms with Gasteiger partial charge < -0.3 is 14.8 Å². The molecule has 0 fully saturated rings. The van der Waals surface area contributed by atoms with Gasteiger partial charge in [0, 0.05) is 40.8 Å². The number of nitrogens with one attached hydrogen (secondary N) is 1. The highest BCUT2D eigenvalue weighted by Crippen LogP contribution is 2.35. The van der Waals surface area contributed by atoms with Gasteiger partial charge in [0.15, 0.2) is 0 Å². The summed E-state index contributed by atoms with van der Waals surface area (Å²) in [6.07, 6.45) is 3.66. The van der Waals surface area contributed by atoms with Crippen molar-refractivity contribution in [2.75, 3.05) is 12.4 Å². The molecule has 186 valence electrons. The van der Waals surface area contributed by atoms with Crippen molar-refractivity contribution in [3.8, 4) is 17.2 Å². The summed E-state index contributed by atoms with van der Waals surface area (Å²) in [5.41, 5.74) is 4.13. The van der Waals surface area contributed by atoms with Crippen LogP contribution in [0, 0.1) is 6.92 Å². The summed E-state index contributed by atoms with van der Waals surface area (Å²) in [7, 11) is 1.69. The number of aryl methyl sites for hydroxylation is 2. The summed E-state index contributed by atoms with van der Waals surface area (Å²) in [4.78, 5) is 17.1. The average molecular weight is 483 g/mol. The van der Waals surface area contributed by atoms with Crippen molar-refractivity contribution in [1.29, 1.82) is 0 Å². The molecule has 0 aliphatic heterocycles. The summed E-state index contributed by atoms with van der Waals surface area (Å²) in [6.45, 7) is 8.53. The first kappa shape index (κ1) is 25.2. The third kappa shape index (κ3) is 6.03. The number of aromatic nitrogens is 1. The Labute approximate surface area is 213 Å². The highest BCUT2D eigenvalue weighted by atomic mass is 16.5. The number of nitrogens with zero attached hydrogens (tertiary/aromatic N) is 1. The summed E-state index contributed by atoms with van der Waals surface area (Å²) in [5, 5.41) is 4.98. The molecule has 4 aromatic rings. The summed E-state index contributed by atoms with van der Waals surface area (Å²) in [6, 6.07) is 21.8. The van der Waals surface area contributed by atoms with Gasteiger partial charge >= 0.3 is 0 Å². The third-order valence-electron chi connectivity index (χ3n) is 6.25. The first-order chi connectivity index (χ1) is 17.2. The van der Waals surface area contributed by atoms with E-state index in [-0.39, 0.29) is 11.3 Å². The largest absolute Gasteiger partial charge is 0.496 e. The lowest BCUT2D eigenvalue weighted by atomic mass is 9.85. The predicted molar refractivity (Wildman–Crippen MR) is 146 cm³/mol. The molecule has 0 saturated heterocycles. The van der Waals surface area contributed by atoms with E-state index in [2.05, 4.69) is 43.2 Å². The number of methoxy groups -OCH3 is 1. The van der Waals surface area contributed by atoms with Crippen LogP contribution in [0.4, 0.5) is 5.69 Å². The van der Waals surface area contributed by atoms with E-state index in [1.54, 1.807) is 13.3 Å². The number of carbonyl (C=O) groups excluding carboxylic acids is 1. The number of amides is 1. The highest BCUT2D eigenvalue weighted by molar-refractivity contribution is 6.04. The minimum absolute atomic E-state index is 0.00970. The van der Waals surface area contributed by atoms with Crippen molar-refractivity contribution >= 4 is 22.4 Å². The Balaban J connectivity index is 1.45. The molecular weight excluding hydrogens is 448 g/mol. The normalized spacial score (nSPS) is 11.4. The van der Waals surface area contributed by atoms with Crippen LogP contribution in [-0.2, 0) is 16.6 Å². The minimum atomic E-state index is -0.00970. The number of pyridine rings is 1. The quantitative estimate of drug-likeness (QED) is 0.281. The Morgan fingerprint density at radius 3 is 2.42 bits per heavy atom. The van der Waals surface area contributed by atoms with Crippen molar-refractivity contribution < 1.29 is 14.3 Å². The number of hydrogen-bond donors (Lipinski definition) is 1. The van der Waals surface area contributed by atoms with Crippen LogP contribution in [0.2, 0.25) is 0 Å². The Hall–Kier alpha value is -3.86. The van der Waals surface area contributed by atoms with Crippen molar-refractivity contribution in [3.63, 3.8) is 0 Å². The lowest BCUT2D eigenvalue weighted by Gasteiger charge is -2.21. The molecule has 1 amide bonds. The topological polar surface area (TPSA) is 60.5 Å². The van der Waals surface area contributed by atoms with Crippen LogP contribution in [-0.4, -0.2) is 18.0 Å². The molecule has 1 N–H and O–H groups in total. The van der Waals surface area contributed by atoms with Crippen LogP contribution in [0.15, 0.2) is 72.9 Å². The van der Waals surface area contributed by atoms with E-state index in [1.165, 1.54) is 5.56 Å². The number of rotatable bonds is 8. The Morgan fingerprint density at radius 2 is 1.69 bits per heavy atom. The maximum absolute atomic E-state index is 12.9. The van der Waals surface area contributed by atoms with E-state index in [1.807, 2.05) is 61.5 Å². The molecule has 0 unspecified atom stereocenters. The van der Waals surface area contributed by atoms with Crippen molar-refractivity contribution in [2.45, 2.75) is 52.4 Å². The van der Waals surface area contributed by atoms with Crippen LogP contribution < -0.4 is 14.8 Å². The van der Waals surface area contributed by atoms with E-state index in [4.69, 9.17) is 9.47 Å². The Morgan fingerprint density at radius 1 is 0.944 bits per heavy atom. The highest BCUT2D eigenvalue weighted by Gasteiger charge is 2.16. The molecule has 0 aliphatic carbocycles. The fourth-order valence-electron chi connectivity index (χ4n) is 4.27. The summed E-state index contributed by atoms with van der Waals surface area (Å²) < 4.78 is 11.7. The second-order valence-electron chi connectivity index (χ2n) is 10.1. The number of carbonyl (C=O) groups is 1. The molecule has 0 radical (unpaired) electrons. The van der Waals surface area contributed by atoms with Gasteiger partial charge in [-0.3, -0.25) is 9.78 Å². The van der Waals surface area contributed by atoms with Crippen molar-refractivity contribution in [2.24, 2.45) is 0 Å². The van der Waals surface area contributed by atoms with Gasteiger partial charge in [-0.15, -0.1) is 0 Å². The number of ether oxygens (including phenoxy) is 2. The van der Waals surface area contributed by atoms with Crippen LogP contribution in [0.5, 0.6) is 17.2 Å². The van der Waals surface area contributed by atoms with Gasteiger partial charge in [-0.1, -0.05) is 57.2 Å². The molecule has 3 aromatic carbocycles. The molecule has 0 atom stereocenters. The zero-order chi connectivity index (χ0) is 25.7. The average Bonchev–Trinajstić information content (AvgIpc) is 2.85. The lowest BCUT2D eigenvalue weighted by Crippen LogP contribution is -2.13. The van der Waals surface area contributed by atoms with Gasteiger partial charge in [0.05, 0.1) is 7.11 Å². The van der Waals surface area contributed by atoms with Gasteiger partial charge in [0.1, 0.15) is 17.2 Å². The zero-order valence-electron chi connectivity index (χ0n) is 21.7. The summed E-state index contributed by atoms with van der Waals surface area (Å²) >= 11 is 0. The van der Waals surface area contributed by atoms with Crippen molar-refractivity contribution in [1.82, 2.24) is 4.98 Å². The number of benzene rings is 3. The van der Waals surface area contributed by atoms with E-state index in [9.17, 15) is 4.79 Å². The SMILES string of the molecule is COc1ccc(C(C)(C)C)cc1CCCC(=O)Nc1ccc(Oc2ccnc(C)c2)c2ccccc12. The van der Waals surface area contributed by atoms with E-state index in [0.717, 1.165) is 57.8 Å². The molecule has 5 nitrogen and oxygen atoms in total. The molecular formula is C31H34N2O3. The van der Waals surface area contributed by atoms with Gasteiger partial charge in [-0.2, -0.15) is 0 Å². The van der Waals surface area contributed by atoms with Crippen LogP contribution >= 0.6 is 0 Å². The molecule has 0 spiro atoms. The molecule has 0 saturated carbocycles. The van der Waals surface area contributed by atoms with Gasteiger partial charge in [0.25, 0.3) is 0 Å². The second kappa shape index (κ2) is 10.8. The second-order valence-corrected chi connectivity index (χ2v) is 10.1. The van der Waals surface area contributed by atoms with Gasteiger partial charge in [-0.05, 0) is 60.6 Å². The standard InChI is InChI=1S/C31H34N2O3/c1-21-19-24(17-18-32-21)36-29-16-14-27(25-10-6-7-11-26(25)29)33-30(34)12-8-9-22-20-23(31(2,3)4)13-15-28(22)35-5/h6-7,10-11,13-20H,8-9,12H2,1-5H3,(H,33,34). The Kier molecular flexibility index (Phi) is 7.58. The minimum Gasteiger partial charge on any atom is -0.496 e. The number of fused-ring (bicyclic) bond motifs is 1. The van der Waals surface area contributed by atoms with Crippen molar-refractivity contribution in [3.05, 3.63) is 89.7 Å². The van der Waals surface area contributed by atoms with E-state index in [0.29, 0.717) is 6.42 Å². The molecule has 5 heteroatoms. The molecule has 0 aliphatic rings. The molecule has 1 heterocycles. The first-order valence-electron chi connectivity index (χ1n) is 12.3. The summed E-state index contributed by atoms with van der Waals surface area (Å²) in [5.74, 6) is 2.33. The molecule has 36 heavy (non-hydrogen) atoms. The number of hydrogen-bond acceptors (Lipinski definition) is 4. The van der Waals surface area contributed by atoms with E-state index < -0.39 is 0 Å². The maximum Gasteiger partial charge on any atom is 0.224 e. The monoisotopic (exact) mass is 482 g/mol. The Bertz CT molecular complexity index is 1370. The zero-order valence-corrected chi connectivity index (χ0v) is 21.7. The van der Waals surface area contributed by atoms with Gasteiger partial charge in [-0.25, -0.2) is 0 Å². The lowest BCUT2D eigenvalue weighted by molar-refractivity contribution is -0.116. The fourth-order valence-corrected chi connectivity index (χ4v) is 4.27. The molecule has 4 rings (SSSR count). The van der Waals surface area contributed by atoms with Crippen LogP contribution in [0.3, 0.4) is 0 Å². The third-order valence-corrected chi connectivity index (χ3v) is 6.25. The van der Waals surface area contributed by atoms with Crippen LogP contribution in [0.25, 0.3) is 10.8 Å². The number of anilines is 1. The fraction of sp³-hybridized carbons (Fsp3) is 0.290. The smallest absolute Gasteiger partial charge is 0.224 e. The van der Waals surface area contributed by atoms with Crippen LogP contribution in [0.1, 0.15) is 50.4 Å². The maximum atomic E-state index is 12.9. The molecule has 0 bridgehead atoms. The van der Waals surface area contributed by atoms with E-state index >= 15 is 0 Å². The molecule has 1 aromatic heterocycles. The van der Waals surface area contributed by atoms with Gasteiger partial charge in [0.2, 0.25) is 5.91 Å². The predicted octanol–water partition coefficient (Wildman–Crippen LogP) is 7.60.